The van der Waals surface area contributed by atoms with E-state index in [1.54, 1.807) is 0 Å². The molecule has 0 radical (unpaired) electrons. The number of hydrogen-bond acceptors (Lipinski definition) is 1. The molecule has 0 aromatic carbocycles. The first-order chi connectivity index (χ1) is 6.84. The van der Waals surface area contributed by atoms with Gasteiger partial charge in [0, 0.05) is 5.03 Å². The molecule has 0 spiro atoms. The molecule has 0 saturated heterocycles. The van der Waals surface area contributed by atoms with Crippen LogP contribution in [0.1, 0.15) is 40.0 Å². The monoisotopic (exact) mass is 226 g/mol. The van der Waals surface area contributed by atoms with Gasteiger partial charge in [-0.2, -0.15) is 0 Å². The van der Waals surface area contributed by atoms with Gasteiger partial charge >= 0.3 is 0 Å². The Labute approximate surface area is 97.1 Å². The maximum absolute atomic E-state index is 10.2. The number of hydrogen-bond donors (Lipinski definition) is 1. The van der Waals surface area contributed by atoms with Crippen molar-refractivity contribution in [3.8, 4) is 0 Å². The second-order valence-electron chi connectivity index (χ2n) is 4.51. The molecule has 1 aliphatic carbocycles. The average molecular weight is 227 g/mol. The highest BCUT2D eigenvalue weighted by atomic mass is 35.5. The zero-order valence-corrected chi connectivity index (χ0v) is 10.5. The summed E-state index contributed by atoms with van der Waals surface area (Å²) in [4.78, 5) is 0. The van der Waals surface area contributed by atoms with Crippen molar-refractivity contribution in [3.05, 3.63) is 34.4 Å². The summed E-state index contributed by atoms with van der Waals surface area (Å²) in [5, 5.41) is 10.7. The molecule has 0 aromatic heterocycles. The largest absolute Gasteiger partial charge is 0.386 e. The summed E-state index contributed by atoms with van der Waals surface area (Å²) in [6, 6.07) is 0. The normalized spacial score (nSPS) is 28.2. The maximum atomic E-state index is 10.2. The minimum Gasteiger partial charge on any atom is -0.386 e. The van der Waals surface area contributed by atoms with E-state index in [0.29, 0.717) is 5.03 Å². The van der Waals surface area contributed by atoms with Crippen LogP contribution in [-0.4, -0.2) is 10.7 Å². The van der Waals surface area contributed by atoms with Gasteiger partial charge in [-0.25, -0.2) is 0 Å². The molecule has 0 fully saturated rings. The molecule has 0 aliphatic heterocycles. The molecule has 1 N–H and O–H groups in total. The second-order valence-corrected chi connectivity index (χ2v) is 4.99. The Kier molecular flexibility index (Phi) is 3.80. The van der Waals surface area contributed by atoms with Crippen LogP contribution < -0.4 is 0 Å². The van der Waals surface area contributed by atoms with Crippen LogP contribution in [-0.2, 0) is 0 Å². The molecule has 1 rings (SSSR count). The number of aliphatic hydroxyl groups is 1. The molecule has 0 heterocycles. The lowest BCUT2D eigenvalue weighted by molar-refractivity contribution is 0.0797. The van der Waals surface area contributed by atoms with E-state index in [1.165, 1.54) is 5.57 Å². The zero-order chi connectivity index (χ0) is 11.6. The van der Waals surface area contributed by atoms with Crippen molar-refractivity contribution in [1.82, 2.24) is 0 Å². The van der Waals surface area contributed by atoms with Crippen molar-refractivity contribution in [2.75, 3.05) is 0 Å². The van der Waals surface area contributed by atoms with Crippen LogP contribution in [0.25, 0.3) is 0 Å². The standard InChI is InChI=1S/C13H19ClO/c1-9(8-10(2)14)12-6-5-7-13(4,15)11(12)3/h8,15H,2,5-7H2,1,3-4H3. The summed E-state index contributed by atoms with van der Waals surface area (Å²) in [5.41, 5.74) is 2.76. The summed E-state index contributed by atoms with van der Waals surface area (Å²) in [7, 11) is 0. The third-order valence-corrected chi connectivity index (χ3v) is 3.31. The van der Waals surface area contributed by atoms with Crippen molar-refractivity contribution in [2.24, 2.45) is 0 Å². The maximum Gasteiger partial charge on any atom is 0.0831 e. The highest BCUT2D eigenvalue weighted by Crippen LogP contribution is 2.36. The first-order valence-electron chi connectivity index (χ1n) is 5.30. The summed E-state index contributed by atoms with van der Waals surface area (Å²) in [6.07, 6.45) is 4.76. The molecule has 0 amide bonds. The van der Waals surface area contributed by atoms with E-state index in [4.69, 9.17) is 11.6 Å². The predicted octanol–water partition coefficient (Wildman–Crippen LogP) is 3.94. The Balaban J connectivity index is 3.08. The van der Waals surface area contributed by atoms with Gasteiger partial charge in [0.25, 0.3) is 0 Å². The van der Waals surface area contributed by atoms with Crippen molar-refractivity contribution in [1.29, 1.82) is 0 Å². The van der Waals surface area contributed by atoms with Gasteiger partial charge in [0.1, 0.15) is 0 Å². The average Bonchev–Trinajstić information content (AvgIpc) is 2.08. The first-order valence-corrected chi connectivity index (χ1v) is 5.68. The molecule has 1 unspecified atom stereocenters. The molecule has 0 saturated carbocycles. The van der Waals surface area contributed by atoms with Gasteiger partial charge in [-0.3, -0.25) is 0 Å². The zero-order valence-electron chi connectivity index (χ0n) is 9.73. The van der Waals surface area contributed by atoms with Crippen molar-refractivity contribution >= 4 is 11.6 Å². The molecular weight excluding hydrogens is 208 g/mol. The van der Waals surface area contributed by atoms with E-state index in [0.717, 1.165) is 30.4 Å². The minimum atomic E-state index is -0.656. The molecule has 15 heavy (non-hydrogen) atoms. The van der Waals surface area contributed by atoms with E-state index >= 15 is 0 Å². The summed E-state index contributed by atoms with van der Waals surface area (Å²) >= 11 is 5.75. The van der Waals surface area contributed by atoms with E-state index in [9.17, 15) is 5.11 Å². The summed E-state index contributed by atoms with van der Waals surface area (Å²) in [5.74, 6) is 0. The molecule has 2 heteroatoms. The quantitative estimate of drug-likeness (QED) is 0.708. The molecule has 1 nitrogen and oxygen atoms in total. The lowest BCUT2D eigenvalue weighted by Gasteiger charge is -2.32. The molecule has 1 atom stereocenters. The predicted molar refractivity (Wildman–Crippen MR) is 65.9 cm³/mol. The van der Waals surface area contributed by atoms with Gasteiger partial charge in [0.15, 0.2) is 0 Å². The molecular formula is C13H19ClO. The van der Waals surface area contributed by atoms with Gasteiger partial charge in [0.2, 0.25) is 0 Å². The summed E-state index contributed by atoms with van der Waals surface area (Å²) < 4.78 is 0. The van der Waals surface area contributed by atoms with Gasteiger partial charge in [0.05, 0.1) is 5.60 Å². The number of rotatable bonds is 2. The molecule has 84 valence electrons. The Morgan fingerprint density at radius 2 is 2.20 bits per heavy atom. The van der Waals surface area contributed by atoms with Crippen LogP contribution >= 0.6 is 11.6 Å². The third kappa shape index (κ3) is 2.96. The van der Waals surface area contributed by atoms with E-state index in [2.05, 4.69) is 6.58 Å². The van der Waals surface area contributed by atoms with E-state index < -0.39 is 5.60 Å². The molecule has 0 aromatic rings. The van der Waals surface area contributed by atoms with E-state index in [-0.39, 0.29) is 0 Å². The van der Waals surface area contributed by atoms with Crippen LogP contribution in [0.5, 0.6) is 0 Å². The van der Waals surface area contributed by atoms with Gasteiger partial charge in [-0.05, 0) is 62.8 Å². The van der Waals surface area contributed by atoms with Crippen molar-refractivity contribution in [2.45, 2.75) is 45.6 Å². The Bertz CT molecular complexity index is 334. The van der Waals surface area contributed by atoms with Crippen LogP contribution in [0.4, 0.5) is 0 Å². The first kappa shape index (κ1) is 12.5. The Morgan fingerprint density at radius 3 is 2.73 bits per heavy atom. The highest BCUT2D eigenvalue weighted by Gasteiger charge is 2.29. The van der Waals surface area contributed by atoms with Crippen LogP contribution in [0.2, 0.25) is 0 Å². The van der Waals surface area contributed by atoms with Crippen molar-refractivity contribution < 1.29 is 5.11 Å². The third-order valence-electron chi connectivity index (χ3n) is 3.20. The molecule has 1 aliphatic rings. The lowest BCUT2D eigenvalue weighted by atomic mass is 9.79. The van der Waals surface area contributed by atoms with Gasteiger partial charge in [-0.1, -0.05) is 18.2 Å². The Hall–Kier alpha value is -0.530. The highest BCUT2D eigenvalue weighted by molar-refractivity contribution is 6.30. The Morgan fingerprint density at radius 1 is 1.60 bits per heavy atom. The number of allylic oxidation sites excluding steroid dienone is 4. The van der Waals surface area contributed by atoms with Gasteiger partial charge < -0.3 is 5.11 Å². The topological polar surface area (TPSA) is 20.2 Å². The van der Waals surface area contributed by atoms with Crippen LogP contribution in [0.15, 0.2) is 34.4 Å². The summed E-state index contributed by atoms with van der Waals surface area (Å²) in [6.45, 7) is 9.56. The van der Waals surface area contributed by atoms with Crippen molar-refractivity contribution in [3.63, 3.8) is 0 Å². The minimum absolute atomic E-state index is 0.540. The fraction of sp³-hybridized carbons (Fsp3) is 0.538. The van der Waals surface area contributed by atoms with E-state index in [1.807, 2.05) is 26.8 Å². The smallest absolute Gasteiger partial charge is 0.0831 e. The fourth-order valence-electron chi connectivity index (χ4n) is 2.12. The lowest BCUT2D eigenvalue weighted by Crippen LogP contribution is -2.29. The molecule has 0 bridgehead atoms. The van der Waals surface area contributed by atoms with Gasteiger partial charge in [-0.15, -0.1) is 0 Å². The number of halogens is 1. The second kappa shape index (κ2) is 4.54. The SMILES string of the molecule is C=C(Cl)C=C(C)C1=C(C)C(C)(O)CCC1. The fourth-order valence-corrected chi connectivity index (χ4v) is 2.29. The van der Waals surface area contributed by atoms with Crippen LogP contribution in [0.3, 0.4) is 0 Å². The van der Waals surface area contributed by atoms with Crippen LogP contribution in [0, 0.1) is 0 Å².